The van der Waals surface area contributed by atoms with E-state index >= 15 is 0 Å². The Morgan fingerprint density at radius 2 is 1.69 bits per heavy atom. The minimum atomic E-state index is -0.786. The average molecular weight is 480 g/mol. The molecule has 0 heterocycles. The zero-order valence-electron chi connectivity index (χ0n) is 18.3. The van der Waals surface area contributed by atoms with Crippen LogP contribution in [0.1, 0.15) is 44.7 Å². The van der Waals surface area contributed by atoms with Crippen molar-refractivity contribution in [1.29, 1.82) is 0 Å². The largest absolute Gasteiger partial charge is 0.352 e. The molecule has 7 nitrogen and oxygen atoms in total. The Morgan fingerprint density at radius 3 is 2.25 bits per heavy atom. The second kappa shape index (κ2) is 11.8. The lowest BCUT2D eigenvalue weighted by Crippen LogP contribution is -2.51. The molecule has 0 aromatic heterocycles. The summed E-state index contributed by atoms with van der Waals surface area (Å²) in [7, 11) is 0. The van der Waals surface area contributed by atoms with E-state index in [4.69, 9.17) is 23.2 Å². The number of nitrogens with one attached hydrogen (secondary N) is 1. The number of benzene rings is 2. The predicted molar refractivity (Wildman–Crippen MR) is 126 cm³/mol. The van der Waals surface area contributed by atoms with E-state index in [2.05, 4.69) is 5.32 Å². The van der Waals surface area contributed by atoms with Crippen LogP contribution in [0.15, 0.2) is 42.5 Å². The van der Waals surface area contributed by atoms with Gasteiger partial charge in [-0.25, -0.2) is 0 Å². The first kappa shape index (κ1) is 25.6. The fraction of sp³-hybridized carbons (Fsp3) is 0.391. The summed E-state index contributed by atoms with van der Waals surface area (Å²) in [4.78, 5) is 38.7. The molecule has 9 heteroatoms. The van der Waals surface area contributed by atoms with Crippen molar-refractivity contribution < 1.29 is 14.5 Å². The number of halogens is 2. The molecule has 2 atom stereocenters. The molecular formula is C23H27Cl2N3O4. The van der Waals surface area contributed by atoms with Gasteiger partial charge in [0.25, 0.3) is 5.69 Å². The summed E-state index contributed by atoms with van der Waals surface area (Å²) < 4.78 is 0. The van der Waals surface area contributed by atoms with Gasteiger partial charge in [-0.05, 0) is 31.9 Å². The summed E-state index contributed by atoms with van der Waals surface area (Å²) in [5.41, 5.74) is 0.644. The van der Waals surface area contributed by atoms with Gasteiger partial charge in [0, 0.05) is 39.8 Å². The van der Waals surface area contributed by atoms with Gasteiger partial charge in [-0.15, -0.1) is 0 Å². The van der Waals surface area contributed by atoms with Crippen LogP contribution in [-0.4, -0.2) is 33.7 Å². The van der Waals surface area contributed by atoms with Crippen LogP contribution in [-0.2, 0) is 22.6 Å². The van der Waals surface area contributed by atoms with Crippen LogP contribution in [0.2, 0.25) is 10.0 Å². The number of para-hydroxylation sites is 1. The molecule has 0 aliphatic rings. The minimum absolute atomic E-state index is 0.00437. The molecule has 1 N–H and O–H groups in total. The monoisotopic (exact) mass is 479 g/mol. The van der Waals surface area contributed by atoms with Crippen molar-refractivity contribution in [2.75, 3.05) is 0 Å². The maximum Gasteiger partial charge on any atom is 0.273 e. The van der Waals surface area contributed by atoms with Crippen molar-refractivity contribution in [2.24, 2.45) is 0 Å². The number of nitro benzene ring substituents is 1. The standard InChI is InChI=1S/C23H27Cl2N3O4/c1-4-15(3)26-23(30)20(5-2)27(14-17-18(24)10-8-11-19(17)25)22(29)13-16-9-6-7-12-21(16)28(31)32/h6-12,15,20H,4-5,13-14H2,1-3H3,(H,26,30)/t15-,20-/m1/s1. The maximum absolute atomic E-state index is 13.4. The van der Waals surface area contributed by atoms with Crippen molar-refractivity contribution in [3.63, 3.8) is 0 Å². The van der Waals surface area contributed by atoms with Gasteiger partial charge in [0.15, 0.2) is 0 Å². The van der Waals surface area contributed by atoms with E-state index < -0.39 is 16.9 Å². The number of rotatable bonds is 10. The first-order valence-corrected chi connectivity index (χ1v) is 11.2. The smallest absolute Gasteiger partial charge is 0.273 e. The molecule has 32 heavy (non-hydrogen) atoms. The van der Waals surface area contributed by atoms with E-state index in [1.807, 2.05) is 13.8 Å². The van der Waals surface area contributed by atoms with Crippen molar-refractivity contribution in [2.45, 2.75) is 58.7 Å². The van der Waals surface area contributed by atoms with E-state index in [-0.39, 0.29) is 36.2 Å². The van der Waals surface area contributed by atoms with Crippen LogP contribution in [0.3, 0.4) is 0 Å². The molecule has 0 aliphatic heterocycles. The molecule has 0 fully saturated rings. The minimum Gasteiger partial charge on any atom is -0.352 e. The molecule has 2 aromatic carbocycles. The lowest BCUT2D eigenvalue weighted by atomic mass is 10.0. The molecule has 172 valence electrons. The molecule has 0 aliphatic carbocycles. The lowest BCUT2D eigenvalue weighted by molar-refractivity contribution is -0.385. The molecular weight excluding hydrogens is 453 g/mol. The van der Waals surface area contributed by atoms with Gasteiger partial charge >= 0.3 is 0 Å². The second-order valence-corrected chi connectivity index (χ2v) is 8.34. The number of hydrogen-bond donors (Lipinski definition) is 1. The van der Waals surface area contributed by atoms with Crippen molar-refractivity contribution in [3.05, 3.63) is 73.8 Å². The Bertz CT molecular complexity index is 963. The molecule has 2 rings (SSSR count). The number of hydrogen-bond acceptors (Lipinski definition) is 4. The number of nitro groups is 1. The Morgan fingerprint density at radius 1 is 1.06 bits per heavy atom. The van der Waals surface area contributed by atoms with Gasteiger partial charge < -0.3 is 10.2 Å². The van der Waals surface area contributed by atoms with E-state index in [0.29, 0.717) is 22.0 Å². The quantitative estimate of drug-likeness (QED) is 0.375. The number of carbonyl (C=O) groups is 2. The van der Waals surface area contributed by atoms with Crippen LogP contribution in [0.5, 0.6) is 0 Å². The molecule has 0 unspecified atom stereocenters. The van der Waals surface area contributed by atoms with Crippen LogP contribution in [0, 0.1) is 10.1 Å². The maximum atomic E-state index is 13.4. The van der Waals surface area contributed by atoms with E-state index in [1.54, 1.807) is 37.3 Å². The Balaban J connectivity index is 2.43. The van der Waals surface area contributed by atoms with Crippen LogP contribution in [0.4, 0.5) is 5.69 Å². The number of amides is 2. The molecule has 0 saturated heterocycles. The van der Waals surface area contributed by atoms with Crippen LogP contribution in [0.25, 0.3) is 0 Å². The highest BCUT2D eigenvalue weighted by Crippen LogP contribution is 2.28. The molecule has 2 amide bonds. The Kier molecular flexibility index (Phi) is 9.47. The molecule has 2 aromatic rings. The third kappa shape index (κ3) is 6.43. The summed E-state index contributed by atoms with van der Waals surface area (Å²) in [6, 6.07) is 10.2. The highest BCUT2D eigenvalue weighted by molar-refractivity contribution is 6.36. The van der Waals surface area contributed by atoms with E-state index in [0.717, 1.165) is 6.42 Å². The second-order valence-electron chi connectivity index (χ2n) is 7.53. The highest BCUT2D eigenvalue weighted by Gasteiger charge is 2.31. The number of nitrogens with zero attached hydrogens (tertiary/aromatic N) is 2. The average Bonchev–Trinajstić information content (AvgIpc) is 2.75. The molecule has 0 spiro atoms. The zero-order chi connectivity index (χ0) is 23.8. The van der Waals surface area contributed by atoms with Crippen LogP contribution >= 0.6 is 23.2 Å². The van der Waals surface area contributed by atoms with Gasteiger partial charge in [0.05, 0.1) is 11.3 Å². The summed E-state index contributed by atoms with van der Waals surface area (Å²) in [6.07, 6.45) is 0.863. The first-order valence-electron chi connectivity index (χ1n) is 10.4. The molecule has 0 saturated carbocycles. The van der Waals surface area contributed by atoms with Crippen LogP contribution < -0.4 is 5.32 Å². The third-order valence-corrected chi connectivity index (χ3v) is 6.02. The third-order valence-electron chi connectivity index (χ3n) is 5.31. The van der Waals surface area contributed by atoms with Crippen molar-refractivity contribution in [1.82, 2.24) is 10.2 Å². The Hall–Kier alpha value is -2.64. The Labute approximate surface area is 197 Å². The van der Waals surface area contributed by atoms with Crippen molar-refractivity contribution >= 4 is 40.7 Å². The normalized spacial score (nSPS) is 12.7. The lowest BCUT2D eigenvalue weighted by Gasteiger charge is -2.32. The fourth-order valence-corrected chi connectivity index (χ4v) is 3.83. The van der Waals surface area contributed by atoms with Gasteiger partial charge in [-0.1, -0.05) is 61.3 Å². The summed E-state index contributed by atoms with van der Waals surface area (Å²) in [5.74, 6) is -0.720. The van der Waals surface area contributed by atoms with Gasteiger partial charge in [0.2, 0.25) is 11.8 Å². The van der Waals surface area contributed by atoms with Gasteiger partial charge in [0.1, 0.15) is 6.04 Å². The fourth-order valence-electron chi connectivity index (χ4n) is 3.32. The first-order chi connectivity index (χ1) is 15.2. The van der Waals surface area contributed by atoms with Gasteiger partial charge in [-0.2, -0.15) is 0 Å². The predicted octanol–water partition coefficient (Wildman–Crippen LogP) is 5.17. The topological polar surface area (TPSA) is 92.6 Å². The SMILES string of the molecule is CC[C@@H](C)NC(=O)[C@@H](CC)N(Cc1c(Cl)cccc1Cl)C(=O)Cc1ccccc1[N+](=O)[O-]. The van der Waals surface area contributed by atoms with E-state index in [9.17, 15) is 19.7 Å². The van der Waals surface area contributed by atoms with Crippen molar-refractivity contribution in [3.8, 4) is 0 Å². The number of carbonyl (C=O) groups excluding carboxylic acids is 2. The summed E-state index contributed by atoms with van der Waals surface area (Å²) >= 11 is 12.7. The summed E-state index contributed by atoms with van der Waals surface area (Å²) in [6.45, 7) is 5.65. The van der Waals surface area contributed by atoms with E-state index in [1.165, 1.54) is 17.0 Å². The molecule has 0 radical (unpaired) electrons. The summed E-state index contributed by atoms with van der Waals surface area (Å²) in [5, 5.41) is 15.1. The van der Waals surface area contributed by atoms with Gasteiger partial charge in [-0.3, -0.25) is 19.7 Å². The molecule has 0 bridgehead atoms. The zero-order valence-corrected chi connectivity index (χ0v) is 19.8. The highest BCUT2D eigenvalue weighted by atomic mass is 35.5.